The molecule has 2 aromatic rings. The standard InChI is InChI=1S/C39H53N9O13/c1-22(2)34(39(60)61)48-38(59)28(21-49)46-32(53)20-43-35(56)26(15-23-9-5-3-6-10-23)45-31(52)19-41-30(51)18-42-36(57)27(16-24-11-7-4-8-12-24)47-37(58)25(13-14-33(54)55)44-29(50)17-40/h3-12,22,25-28,34,49H,13-21,40H2,1-2H3,(H,41,51)(H,42,57)(H,43,56)(H,44,50)(H,45,52)(H,46,53)(H,47,58)(H,48,59)(H,54,55)(H,60,61)/t25-,26-,27-,28-,34-/m0/s1. The summed E-state index contributed by atoms with van der Waals surface area (Å²) in [5, 5.41) is 46.8. The van der Waals surface area contributed by atoms with Crippen LogP contribution >= 0.6 is 0 Å². The number of carboxylic acids is 2. The van der Waals surface area contributed by atoms with E-state index >= 15 is 0 Å². The van der Waals surface area contributed by atoms with Gasteiger partial charge in [-0.15, -0.1) is 0 Å². The number of aliphatic carboxylic acids is 2. The molecule has 5 atom stereocenters. The largest absolute Gasteiger partial charge is 0.481 e. The van der Waals surface area contributed by atoms with Gasteiger partial charge in [0, 0.05) is 19.3 Å². The van der Waals surface area contributed by atoms with E-state index in [0.29, 0.717) is 11.1 Å². The number of nitrogens with one attached hydrogen (secondary N) is 8. The van der Waals surface area contributed by atoms with Crippen molar-refractivity contribution in [3.63, 3.8) is 0 Å². The highest BCUT2D eigenvalue weighted by Crippen LogP contribution is 2.07. The Morgan fingerprint density at radius 1 is 0.541 bits per heavy atom. The molecule has 0 unspecified atom stereocenters. The molecule has 0 bridgehead atoms. The summed E-state index contributed by atoms with van der Waals surface area (Å²) in [6.45, 7) is -0.285. The van der Waals surface area contributed by atoms with Crippen molar-refractivity contribution in [3.8, 4) is 0 Å². The molecule has 13 N–H and O–H groups in total. The molecule has 0 aliphatic heterocycles. The number of aliphatic hydroxyl groups is 1. The number of nitrogens with two attached hydrogens (primary N) is 1. The van der Waals surface area contributed by atoms with Gasteiger partial charge in [0.2, 0.25) is 47.3 Å². The molecule has 0 aliphatic rings. The van der Waals surface area contributed by atoms with E-state index in [9.17, 15) is 58.2 Å². The maximum atomic E-state index is 13.3. The average Bonchev–Trinajstić information content (AvgIpc) is 3.23. The molecule has 0 radical (unpaired) electrons. The van der Waals surface area contributed by atoms with Crippen molar-refractivity contribution in [1.82, 2.24) is 42.5 Å². The Bertz CT molecular complexity index is 1850. The predicted octanol–water partition coefficient (Wildman–Crippen LogP) is -4.20. The summed E-state index contributed by atoms with van der Waals surface area (Å²) in [5.41, 5.74) is 6.55. The minimum atomic E-state index is -1.54. The van der Waals surface area contributed by atoms with E-state index < -0.39 is 135 Å². The third-order valence-electron chi connectivity index (χ3n) is 8.69. The van der Waals surface area contributed by atoms with Gasteiger partial charge in [-0.1, -0.05) is 74.5 Å². The fourth-order valence-electron chi connectivity index (χ4n) is 5.46. The number of carbonyl (C=O) groups excluding carboxylic acids is 8. The Balaban J connectivity index is 2.04. The molecule has 61 heavy (non-hydrogen) atoms. The summed E-state index contributed by atoms with van der Waals surface area (Å²) in [6, 6.07) is 10.2. The van der Waals surface area contributed by atoms with Gasteiger partial charge in [0.25, 0.3) is 0 Å². The van der Waals surface area contributed by atoms with Crippen molar-refractivity contribution in [1.29, 1.82) is 0 Å². The Kier molecular flexibility index (Phi) is 21.6. The van der Waals surface area contributed by atoms with Crippen LogP contribution in [0, 0.1) is 5.92 Å². The second-order valence-corrected chi connectivity index (χ2v) is 13.9. The number of amides is 8. The second-order valence-electron chi connectivity index (χ2n) is 13.9. The Morgan fingerprint density at radius 3 is 1.44 bits per heavy atom. The van der Waals surface area contributed by atoms with Gasteiger partial charge in [-0.3, -0.25) is 43.2 Å². The molecule has 0 heterocycles. The molecule has 8 amide bonds. The molecule has 0 aromatic heterocycles. The van der Waals surface area contributed by atoms with Crippen molar-refractivity contribution >= 4 is 59.2 Å². The van der Waals surface area contributed by atoms with Crippen LogP contribution in [0.25, 0.3) is 0 Å². The molecule has 22 nitrogen and oxygen atoms in total. The summed E-state index contributed by atoms with van der Waals surface area (Å²) in [7, 11) is 0. The maximum Gasteiger partial charge on any atom is 0.326 e. The van der Waals surface area contributed by atoms with Crippen LogP contribution in [0.5, 0.6) is 0 Å². The smallest absolute Gasteiger partial charge is 0.326 e. The summed E-state index contributed by atoms with van der Waals surface area (Å²) in [4.78, 5) is 125. The van der Waals surface area contributed by atoms with E-state index in [1.165, 1.54) is 0 Å². The van der Waals surface area contributed by atoms with Gasteiger partial charge in [0.05, 0.1) is 32.8 Å². The first-order chi connectivity index (χ1) is 28.9. The van der Waals surface area contributed by atoms with Gasteiger partial charge in [-0.05, 0) is 23.5 Å². The highest BCUT2D eigenvalue weighted by atomic mass is 16.4. The summed E-state index contributed by atoms with van der Waals surface area (Å²) >= 11 is 0. The minimum Gasteiger partial charge on any atom is -0.481 e. The molecule has 332 valence electrons. The lowest BCUT2D eigenvalue weighted by molar-refractivity contribution is -0.143. The third kappa shape index (κ3) is 19.1. The molecule has 0 saturated heterocycles. The van der Waals surface area contributed by atoms with Crippen molar-refractivity contribution in [3.05, 3.63) is 71.8 Å². The summed E-state index contributed by atoms with van der Waals surface area (Å²) in [5.74, 6) is -9.88. The fourth-order valence-corrected chi connectivity index (χ4v) is 5.46. The number of carboxylic acid groups (broad SMARTS) is 2. The van der Waals surface area contributed by atoms with Crippen LogP contribution < -0.4 is 48.3 Å². The fraction of sp³-hybridized carbons (Fsp3) is 0.436. The van der Waals surface area contributed by atoms with Crippen molar-refractivity contribution in [2.45, 2.75) is 69.7 Å². The monoisotopic (exact) mass is 855 g/mol. The van der Waals surface area contributed by atoms with E-state index in [4.69, 9.17) is 10.8 Å². The number of carbonyl (C=O) groups is 10. The normalized spacial score (nSPS) is 13.1. The molecular formula is C39H53N9O13. The topological polar surface area (TPSA) is 354 Å². The lowest BCUT2D eigenvalue weighted by Crippen LogP contribution is -2.56. The molecule has 0 spiro atoms. The molecular weight excluding hydrogens is 802 g/mol. The summed E-state index contributed by atoms with van der Waals surface area (Å²) in [6.07, 6.45) is -0.901. The number of aliphatic hydroxyl groups excluding tert-OH is 1. The first kappa shape index (κ1) is 50.2. The van der Waals surface area contributed by atoms with Crippen LogP contribution in [0.15, 0.2) is 60.7 Å². The minimum absolute atomic E-state index is 0.0565. The molecule has 2 rings (SSSR count). The van der Waals surface area contributed by atoms with E-state index in [-0.39, 0.29) is 19.3 Å². The second kappa shape index (κ2) is 26.2. The lowest BCUT2D eigenvalue weighted by atomic mass is 10.0. The number of hydrogen-bond donors (Lipinski definition) is 12. The summed E-state index contributed by atoms with van der Waals surface area (Å²) < 4.78 is 0. The van der Waals surface area contributed by atoms with Crippen LogP contribution in [0.1, 0.15) is 37.8 Å². The van der Waals surface area contributed by atoms with Gasteiger partial charge in [-0.2, -0.15) is 0 Å². The van der Waals surface area contributed by atoms with Gasteiger partial charge in [0.1, 0.15) is 30.2 Å². The predicted molar refractivity (Wildman–Crippen MR) is 214 cm³/mol. The van der Waals surface area contributed by atoms with Gasteiger partial charge < -0.3 is 63.6 Å². The molecule has 22 heteroatoms. The number of rotatable bonds is 26. The molecule has 0 aliphatic carbocycles. The van der Waals surface area contributed by atoms with Crippen molar-refractivity contribution in [2.75, 3.05) is 32.8 Å². The lowest BCUT2D eigenvalue weighted by Gasteiger charge is -2.23. The Hall–Kier alpha value is -6.94. The average molecular weight is 856 g/mol. The zero-order chi connectivity index (χ0) is 45.5. The van der Waals surface area contributed by atoms with Crippen molar-refractivity contribution in [2.24, 2.45) is 11.7 Å². The third-order valence-corrected chi connectivity index (χ3v) is 8.69. The zero-order valence-electron chi connectivity index (χ0n) is 33.6. The van der Waals surface area contributed by atoms with E-state index in [0.717, 1.165) is 0 Å². The molecule has 0 fully saturated rings. The number of benzene rings is 2. The molecule has 0 saturated carbocycles. The van der Waals surface area contributed by atoms with Gasteiger partial charge >= 0.3 is 11.9 Å². The van der Waals surface area contributed by atoms with Crippen LogP contribution in [0.3, 0.4) is 0 Å². The highest BCUT2D eigenvalue weighted by molar-refractivity contribution is 5.96. The van der Waals surface area contributed by atoms with Crippen LogP contribution in [0.2, 0.25) is 0 Å². The van der Waals surface area contributed by atoms with Crippen LogP contribution in [0.4, 0.5) is 0 Å². The maximum absolute atomic E-state index is 13.3. The quantitative estimate of drug-likeness (QED) is 0.0427. The first-order valence-electron chi connectivity index (χ1n) is 19.1. The number of hydrogen-bond acceptors (Lipinski definition) is 12. The van der Waals surface area contributed by atoms with Crippen LogP contribution in [-0.2, 0) is 60.8 Å². The van der Waals surface area contributed by atoms with Gasteiger partial charge in [0.15, 0.2) is 0 Å². The van der Waals surface area contributed by atoms with Crippen LogP contribution in [-0.4, -0.2) is 138 Å². The van der Waals surface area contributed by atoms with Gasteiger partial charge in [-0.25, -0.2) is 4.79 Å². The SMILES string of the molecule is CC(C)[C@H](NC(=O)[C@H](CO)NC(=O)CNC(=O)[C@H](Cc1ccccc1)NC(=O)CNC(=O)CNC(=O)[C@H](Cc1ccccc1)NC(=O)[C@H](CCC(=O)O)NC(=O)CN)C(=O)O. The van der Waals surface area contributed by atoms with E-state index in [2.05, 4.69) is 42.5 Å². The molecule has 2 aromatic carbocycles. The first-order valence-corrected chi connectivity index (χ1v) is 19.1. The zero-order valence-corrected chi connectivity index (χ0v) is 33.6. The van der Waals surface area contributed by atoms with E-state index in [1.807, 2.05) is 0 Å². The Labute approximate surface area is 350 Å². The van der Waals surface area contributed by atoms with Crippen molar-refractivity contribution < 1.29 is 63.3 Å². The Morgan fingerprint density at radius 2 is 0.984 bits per heavy atom. The highest BCUT2D eigenvalue weighted by Gasteiger charge is 2.30. The van der Waals surface area contributed by atoms with E-state index in [1.54, 1.807) is 74.5 Å².